The normalized spacial score (nSPS) is 18.0. The number of nitrogens with two attached hydrogens (primary N) is 1. The first-order valence-electron chi connectivity index (χ1n) is 11.1. The monoisotopic (exact) mass is 453 g/mol. The van der Waals surface area contributed by atoms with Gasteiger partial charge in [0.1, 0.15) is 5.00 Å². The lowest BCUT2D eigenvalue weighted by atomic mass is 10.0. The molecule has 0 radical (unpaired) electrons. The Morgan fingerprint density at radius 2 is 1.97 bits per heavy atom. The summed E-state index contributed by atoms with van der Waals surface area (Å²) in [5, 5.41) is 3.55. The third-order valence-electron chi connectivity index (χ3n) is 6.82. The van der Waals surface area contributed by atoms with E-state index < -0.39 is 5.91 Å². The first-order valence-corrected chi connectivity index (χ1v) is 11.9. The number of aromatic amines is 1. The third kappa shape index (κ3) is 3.55. The molecule has 3 heterocycles. The van der Waals surface area contributed by atoms with E-state index >= 15 is 0 Å². The van der Waals surface area contributed by atoms with Crippen LogP contribution in [0.4, 0.5) is 5.00 Å². The SMILES string of the molecule is C[C@H](C(=O)Nc1sc2c(c1C(N)=O)CCC2)N1CCC(n2c(=O)[nH]c3ccccc32)CC1. The van der Waals surface area contributed by atoms with Crippen LogP contribution in [0.5, 0.6) is 0 Å². The number of aromatic nitrogens is 2. The number of benzene rings is 1. The average molecular weight is 454 g/mol. The lowest BCUT2D eigenvalue weighted by Gasteiger charge is -2.35. The highest BCUT2D eigenvalue weighted by Crippen LogP contribution is 2.39. The van der Waals surface area contributed by atoms with Gasteiger partial charge in [-0.2, -0.15) is 0 Å². The minimum absolute atomic E-state index is 0.0832. The van der Waals surface area contributed by atoms with Crippen molar-refractivity contribution in [2.24, 2.45) is 5.73 Å². The number of hydrogen-bond acceptors (Lipinski definition) is 5. The van der Waals surface area contributed by atoms with Gasteiger partial charge in [-0.25, -0.2) is 4.79 Å². The fourth-order valence-electron chi connectivity index (χ4n) is 5.10. The minimum atomic E-state index is -0.475. The topological polar surface area (TPSA) is 113 Å². The summed E-state index contributed by atoms with van der Waals surface area (Å²) in [5.74, 6) is -0.604. The maximum atomic E-state index is 13.0. The van der Waals surface area contributed by atoms with E-state index in [0.717, 1.165) is 66.7 Å². The summed E-state index contributed by atoms with van der Waals surface area (Å²) in [7, 11) is 0. The van der Waals surface area contributed by atoms with Crippen molar-refractivity contribution >= 4 is 39.2 Å². The number of likely N-dealkylation sites (tertiary alicyclic amines) is 1. The van der Waals surface area contributed by atoms with Gasteiger partial charge in [-0.3, -0.25) is 19.1 Å². The number of amides is 2. The Bertz CT molecular complexity index is 1250. The zero-order valence-corrected chi connectivity index (χ0v) is 18.8. The van der Waals surface area contributed by atoms with Crippen molar-refractivity contribution in [1.82, 2.24) is 14.5 Å². The van der Waals surface area contributed by atoms with Crippen molar-refractivity contribution in [3.05, 3.63) is 50.8 Å². The molecule has 0 bridgehead atoms. The van der Waals surface area contributed by atoms with Gasteiger partial charge in [0.05, 0.1) is 22.6 Å². The van der Waals surface area contributed by atoms with E-state index in [1.807, 2.05) is 35.8 Å². The molecule has 1 fully saturated rings. The third-order valence-corrected chi connectivity index (χ3v) is 8.03. The highest BCUT2D eigenvalue weighted by atomic mass is 32.1. The minimum Gasteiger partial charge on any atom is -0.365 e. The largest absolute Gasteiger partial charge is 0.365 e. The van der Waals surface area contributed by atoms with Crippen LogP contribution < -0.4 is 16.7 Å². The molecule has 2 aromatic heterocycles. The van der Waals surface area contributed by atoms with Gasteiger partial charge >= 0.3 is 5.69 Å². The van der Waals surface area contributed by atoms with E-state index in [4.69, 9.17) is 5.73 Å². The van der Waals surface area contributed by atoms with Crippen molar-refractivity contribution in [2.75, 3.05) is 18.4 Å². The van der Waals surface area contributed by atoms with Crippen molar-refractivity contribution in [3.63, 3.8) is 0 Å². The Labute approximate surface area is 189 Å². The molecule has 3 aromatic rings. The smallest absolute Gasteiger partial charge is 0.326 e. The number of hydrogen-bond donors (Lipinski definition) is 3. The second-order valence-corrected chi connectivity index (χ2v) is 9.78. The molecule has 2 amide bonds. The number of thiophene rings is 1. The van der Waals surface area contributed by atoms with Gasteiger partial charge in [-0.05, 0) is 56.7 Å². The predicted octanol–water partition coefficient (Wildman–Crippen LogP) is 2.64. The number of nitrogens with one attached hydrogen (secondary N) is 2. The summed E-state index contributed by atoms with van der Waals surface area (Å²) < 4.78 is 1.85. The first-order chi connectivity index (χ1) is 15.4. The number of carbonyl (C=O) groups excluding carboxylic acids is 2. The zero-order valence-electron chi connectivity index (χ0n) is 18.0. The van der Waals surface area contributed by atoms with E-state index in [2.05, 4.69) is 15.2 Å². The van der Waals surface area contributed by atoms with Gasteiger partial charge in [0.15, 0.2) is 0 Å². The van der Waals surface area contributed by atoms with Crippen molar-refractivity contribution in [3.8, 4) is 0 Å². The molecule has 1 aliphatic carbocycles. The number of anilines is 1. The Morgan fingerprint density at radius 1 is 1.22 bits per heavy atom. The molecule has 1 aliphatic heterocycles. The van der Waals surface area contributed by atoms with Crippen LogP contribution in [0.2, 0.25) is 0 Å². The van der Waals surface area contributed by atoms with Gasteiger partial charge in [0, 0.05) is 24.0 Å². The molecule has 32 heavy (non-hydrogen) atoms. The van der Waals surface area contributed by atoms with Crippen LogP contribution in [0.3, 0.4) is 0 Å². The van der Waals surface area contributed by atoms with E-state index in [1.54, 1.807) is 0 Å². The van der Waals surface area contributed by atoms with Crippen molar-refractivity contribution in [1.29, 1.82) is 0 Å². The van der Waals surface area contributed by atoms with Crippen LogP contribution in [-0.2, 0) is 17.6 Å². The van der Waals surface area contributed by atoms with Crippen LogP contribution in [0.15, 0.2) is 29.1 Å². The molecule has 0 unspecified atom stereocenters. The summed E-state index contributed by atoms with van der Waals surface area (Å²) in [5.41, 5.74) is 8.80. The molecule has 0 saturated carbocycles. The fourth-order valence-corrected chi connectivity index (χ4v) is 6.40. The standard InChI is InChI=1S/C23H27N5O3S/c1-13(21(30)26-22-19(20(24)29)15-5-4-8-18(15)32-22)27-11-9-14(10-12-27)28-17-7-3-2-6-16(17)25-23(28)31/h2-3,6-7,13-14H,4-5,8-12H2,1H3,(H2,24,29)(H,25,31)(H,26,30)/t13-/m1/s1. The number of rotatable bonds is 5. The van der Waals surface area contributed by atoms with Crippen LogP contribution in [0.1, 0.15) is 53.0 Å². The first kappa shape index (κ1) is 21.0. The summed E-state index contributed by atoms with van der Waals surface area (Å²) in [6.07, 6.45) is 4.39. The summed E-state index contributed by atoms with van der Waals surface area (Å²) in [6.45, 7) is 3.32. The maximum absolute atomic E-state index is 13.0. The van der Waals surface area contributed by atoms with Crippen LogP contribution >= 0.6 is 11.3 Å². The predicted molar refractivity (Wildman–Crippen MR) is 125 cm³/mol. The van der Waals surface area contributed by atoms with Gasteiger partial charge in [-0.1, -0.05) is 12.1 Å². The molecule has 0 spiro atoms. The van der Waals surface area contributed by atoms with Crippen LogP contribution in [0.25, 0.3) is 11.0 Å². The number of primary amides is 1. The number of aryl methyl sites for hydroxylation is 1. The van der Waals surface area contributed by atoms with Crippen LogP contribution in [-0.4, -0.2) is 45.4 Å². The number of fused-ring (bicyclic) bond motifs is 2. The number of H-pyrrole nitrogens is 1. The Hall–Kier alpha value is -2.91. The van der Waals surface area contributed by atoms with E-state index in [-0.39, 0.29) is 23.7 Å². The molecule has 8 nitrogen and oxygen atoms in total. The lowest BCUT2D eigenvalue weighted by Crippen LogP contribution is -2.47. The van der Waals surface area contributed by atoms with E-state index in [9.17, 15) is 14.4 Å². The maximum Gasteiger partial charge on any atom is 0.326 e. The molecule has 5 rings (SSSR count). The molecule has 9 heteroatoms. The number of nitrogens with zero attached hydrogens (tertiary/aromatic N) is 2. The van der Waals surface area contributed by atoms with Gasteiger partial charge in [0.2, 0.25) is 5.91 Å². The Balaban J connectivity index is 1.26. The molecule has 1 atom stereocenters. The number of piperidine rings is 1. The molecule has 4 N–H and O–H groups in total. The van der Waals surface area contributed by atoms with Crippen molar-refractivity contribution in [2.45, 2.75) is 51.1 Å². The Morgan fingerprint density at radius 3 is 2.72 bits per heavy atom. The summed E-state index contributed by atoms with van der Waals surface area (Å²) >= 11 is 1.48. The number of para-hydroxylation sites is 2. The molecule has 1 aromatic carbocycles. The highest BCUT2D eigenvalue weighted by Gasteiger charge is 2.31. The molecule has 2 aliphatic rings. The number of carbonyl (C=O) groups is 2. The van der Waals surface area contributed by atoms with Gasteiger partial charge in [-0.15, -0.1) is 11.3 Å². The molecular weight excluding hydrogens is 426 g/mol. The van der Waals surface area contributed by atoms with E-state index in [1.165, 1.54) is 11.3 Å². The van der Waals surface area contributed by atoms with Gasteiger partial charge in [0.25, 0.3) is 5.91 Å². The zero-order chi connectivity index (χ0) is 22.4. The quantitative estimate of drug-likeness (QED) is 0.551. The second-order valence-electron chi connectivity index (χ2n) is 8.68. The second kappa shape index (κ2) is 8.22. The lowest BCUT2D eigenvalue weighted by molar-refractivity contribution is -0.121. The average Bonchev–Trinajstić information content (AvgIpc) is 3.44. The summed E-state index contributed by atoms with van der Waals surface area (Å²) in [4.78, 5) is 43.7. The molecule has 1 saturated heterocycles. The van der Waals surface area contributed by atoms with Gasteiger partial charge < -0.3 is 16.0 Å². The van der Waals surface area contributed by atoms with Crippen LogP contribution in [0, 0.1) is 0 Å². The fraction of sp³-hybridized carbons (Fsp3) is 0.435. The molecule has 168 valence electrons. The number of imidazole rings is 1. The Kier molecular flexibility index (Phi) is 5.38. The molecular formula is C23H27N5O3S. The summed E-state index contributed by atoms with van der Waals surface area (Å²) in [6, 6.07) is 7.49. The van der Waals surface area contributed by atoms with Crippen molar-refractivity contribution < 1.29 is 9.59 Å². The highest BCUT2D eigenvalue weighted by molar-refractivity contribution is 7.17. The van der Waals surface area contributed by atoms with E-state index in [0.29, 0.717) is 10.6 Å².